The second kappa shape index (κ2) is 7.51. The van der Waals surface area contributed by atoms with E-state index in [9.17, 15) is 0 Å². The Hall–Kier alpha value is -2.01. The molecule has 0 saturated carbocycles. The van der Waals surface area contributed by atoms with Crippen LogP contribution in [0.1, 0.15) is 13.8 Å². The summed E-state index contributed by atoms with van der Waals surface area (Å²) in [6.45, 7) is 6.20. The van der Waals surface area contributed by atoms with Gasteiger partial charge in [-0.2, -0.15) is 11.8 Å². The third kappa shape index (κ3) is 3.34. The lowest BCUT2D eigenvalue weighted by molar-refractivity contribution is 0.739. The smallest absolute Gasteiger partial charge is 0.0979 e. The fraction of sp³-hybridized carbons (Fsp3) is 0.333. The lowest BCUT2D eigenvalue weighted by Crippen LogP contribution is -2.05. The molecule has 0 bridgehead atoms. The maximum Gasteiger partial charge on any atom is 0.0979 e. The van der Waals surface area contributed by atoms with Crippen molar-refractivity contribution in [3.63, 3.8) is 0 Å². The van der Waals surface area contributed by atoms with Crippen LogP contribution in [0.4, 0.5) is 0 Å². The quantitative estimate of drug-likeness (QED) is 0.611. The van der Waals surface area contributed by atoms with E-state index < -0.39 is 0 Å². The van der Waals surface area contributed by atoms with E-state index in [1.54, 1.807) is 0 Å². The predicted octanol–water partition coefficient (Wildman–Crippen LogP) is 4.19. The molecule has 3 aromatic rings. The van der Waals surface area contributed by atoms with Crippen molar-refractivity contribution in [1.82, 2.24) is 19.1 Å². The van der Waals surface area contributed by atoms with Gasteiger partial charge in [0.1, 0.15) is 0 Å². The van der Waals surface area contributed by atoms with Crippen LogP contribution in [0.2, 0.25) is 0 Å². The van der Waals surface area contributed by atoms with Crippen molar-refractivity contribution in [3.8, 4) is 22.6 Å². The number of aromatic nitrogens is 4. The molecule has 0 aliphatic heterocycles. The number of hydrogen-bond acceptors (Lipinski definition) is 3. The minimum atomic E-state index is 0.901. The van der Waals surface area contributed by atoms with Crippen molar-refractivity contribution in [2.24, 2.45) is 0 Å². The molecule has 4 nitrogen and oxygen atoms in total. The summed E-state index contributed by atoms with van der Waals surface area (Å²) in [4.78, 5) is 9.05. The SMILES string of the molecule is CCSCCn1cnc(-c2ccccc2)c1-c1cncn1CC. The molecule has 3 rings (SSSR count). The van der Waals surface area contributed by atoms with Crippen molar-refractivity contribution in [2.75, 3.05) is 11.5 Å². The first-order valence-electron chi connectivity index (χ1n) is 8.04. The average molecular weight is 326 g/mol. The Morgan fingerprint density at radius 3 is 2.61 bits per heavy atom. The summed E-state index contributed by atoms with van der Waals surface area (Å²) in [6, 6.07) is 10.4. The third-order valence-electron chi connectivity index (χ3n) is 3.86. The summed E-state index contributed by atoms with van der Waals surface area (Å²) in [5.74, 6) is 2.23. The van der Waals surface area contributed by atoms with Crippen LogP contribution in [-0.4, -0.2) is 30.6 Å². The lowest BCUT2D eigenvalue weighted by Gasteiger charge is -2.12. The Bertz CT molecular complexity index is 745. The van der Waals surface area contributed by atoms with E-state index in [0.29, 0.717) is 0 Å². The second-order valence-corrected chi connectivity index (χ2v) is 6.66. The van der Waals surface area contributed by atoms with Gasteiger partial charge in [-0.1, -0.05) is 37.3 Å². The number of rotatable bonds is 7. The molecule has 120 valence electrons. The topological polar surface area (TPSA) is 35.6 Å². The highest BCUT2D eigenvalue weighted by molar-refractivity contribution is 7.99. The number of thioether (sulfide) groups is 1. The second-order valence-electron chi connectivity index (χ2n) is 5.26. The molecular weight excluding hydrogens is 304 g/mol. The van der Waals surface area contributed by atoms with Crippen LogP contribution in [0.3, 0.4) is 0 Å². The first kappa shape index (κ1) is 15.9. The van der Waals surface area contributed by atoms with Crippen LogP contribution in [0.15, 0.2) is 49.2 Å². The van der Waals surface area contributed by atoms with Gasteiger partial charge < -0.3 is 9.13 Å². The van der Waals surface area contributed by atoms with E-state index in [1.165, 1.54) is 0 Å². The van der Waals surface area contributed by atoms with Gasteiger partial charge >= 0.3 is 0 Å². The molecule has 0 spiro atoms. The lowest BCUT2D eigenvalue weighted by atomic mass is 10.1. The zero-order valence-electron chi connectivity index (χ0n) is 13.6. The van der Waals surface area contributed by atoms with Crippen LogP contribution >= 0.6 is 11.8 Å². The number of hydrogen-bond donors (Lipinski definition) is 0. The Kier molecular flexibility index (Phi) is 5.18. The molecule has 2 aromatic heterocycles. The Morgan fingerprint density at radius 2 is 1.87 bits per heavy atom. The molecule has 0 fully saturated rings. The van der Waals surface area contributed by atoms with Gasteiger partial charge in [0.05, 0.1) is 35.9 Å². The highest BCUT2D eigenvalue weighted by Crippen LogP contribution is 2.31. The van der Waals surface area contributed by atoms with Crippen molar-refractivity contribution >= 4 is 11.8 Å². The fourth-order valence-corrected chi connectivity index (χ4v) is 3.32. The van der Waals surface area contributed by atoms with E-state index in [1.807, 2.05) is 36.7 Å². The molecule has 0 amide bonds. The van der Waals surface area contributed by atoms with Crippen LogP contribution in [-0.2, 0) is 13.1 Å². The van der Waals surface area contributed by atoms with E-state index in [0.717, 1.165) is 47.2 Å². The molecule has 2 heterocycles. The Balaban J connectivity index is 2.07. The zero-order chi connectivity index (χ0) is 16.1. The fourth-order valence-electron chi connectivity index (χ4n) is 2.70. The monoisotopic (exact) mass is 326 g/mol. The average Bonchev–Trinajstić information content (AvgIpc) is 3.21. The molecule has 1 aromatic carbocycles. The first-order chi connectivity index (χ1) is 11.3. The van der Waals surface area contributed by atoms with E-state index >= 15 is 0 Å². The molecule has 0 aliphatic carbocycles. The van der Waals surface area contributed by atoms with Crippen molar-refractivity contribution in [3.05, 3.63) is 49.2 Å². The molecule has 0 atom stereocenters. The maximum absolute atomic E-state index is 4.71. The summed E-state index contributed by atoms with van der Waals surface area (Å²) >= 11 is 1.95. The van der Waals surface area contributed by atoms with Gasteiger partial charge in [0, 0.05) is 24.4 Å². The number of imidazole rings is 2. The zero-order valence-corrected chi connectivity index (χ0v) is 14.5. The number of aryl methyl sites for hydroxylation is 2. The van der Waals surface area contributed by atoms with Gasteiger partial charge in [-0.15, -0.1) is 0 Å². The highest BCUT2D eigenvalue weighted by atomic mass is 32.2. The standard InChI is InChI=1S/C18H22N4S/c1-3-21-13-19-12-16(21)18-17(15-8-6-5-7-9-15)20-14-22(18)10-11-23-4-2/h5-9,12-14H,3-4,10-11H2,1-2H3. The summed E-state index contributed by atoms with van der Waals surface area (Å²) < 4.78 is 4.43. The van der Waals surface area contributed by atoms with Crippen molar-refractivity contribution < 1.29 is 0 Å². The summed E-state index contributed by atoms with van der Waals surface area (Å²) in [6.07, 6.45) is 5.79. The number of benzene rings is 1. The van der Waals surface area contributed by atoms with Gasteiger partial charge in [0.25, 0.3) is 0 Å². The molecular formula is C18H22N4S. The maximum atomic E-state index is 4.71. The van der Waals surface area contributed by atoms with E-state index in [-0.39, 0.29) is 0 Å². The van der Waals surface area contributed by atoms with Gasteiger partial charge in [-0.3, -0.25) is 0 Å². The predicted molar refractivity (Wildman–Crippen MR) is 97.6 cm³/mol. The summed E-state index contributed by atoms with van der Waals surface area (Å²) in [5.41, 5.74) is 4.47. The Labute approximate surface area is 141 Å². The number of nitrogens with zero attached hydrogens (tertiary/aromatic N) is 4. The van der Waals surface area contributed by atoms with Gasteiger partial charge in [0.2, 0.25) is 0 Å². The van der Waals surface area contributed by atoms with E-state index in [4.69, 9.17) is 4.98 Å². The van der Waals surface area contributed by atoms with Crippen LogP contribution in [0, 0.1) is 0 Å². The summed E-state index contributed by atoms with van der Waals surface area (Å²) in [7, 11) is 0. The van der Waals surface area contributed by atoms with Crippen LogP contribution < -0.4 is 0 Å². The molecule has 5 heteroatoms. The minimum absolute atomic E-state index is 0.901. The summed E-state index contributed by atoms with van der Waals surface area (Å²) in [5, 5.41) is 0. The molecule has 0 radical (unpaired) electrons. The van der Waals surface area contributed by atoms with Crippen LogP contribution in [0.5, 0.6) is 0 Å². The van der Waals surface area contributed by atoms with Gasteiger partial charge in [-0.25, -0.2) is 9.97 Å². The van der Waals surface area contributed by atoms with E-state index in [2.05, 4.69) is 52.2 Å². The largest absolute Gasteiger partial charge is 0.330 e. The van der Waals surface area contributed by atoms with Crippen LogP contribution in [0.25, 0.3) is 22.6 Å². The third-order valence-corrected chi connectivity index (χ3v) is 4.74. The van der Waals surface area contributed by atoms with Crippen molar-refractivity contribution in [1.29, 1.82) is 0 Å². The normalized spacial score (nSPS) is 11.0. The van der Waals surface area contributed by atoms with Crippen molar-refractivity contribution in [2.45, 2.75) is 26.9 Å². The molecule has 0 saturated heterocycles. The highest BCUT2D eigenvalue weighted by Gasteiger charge is 2.17. The molecule has 0 unspecified atom stereocenters. The molecule has 23 heavy (non-hydrogen) atoms. The van der Waals surface area contributed by atoms with Gasteiger partial charge in [-0.05, 0) is 12.7 Å². The first-order valence-corrected chi connectivity index (χ1v) is 9.19. The molecule has 0 N–H and O–H groups in total. The van der Waals surface area contributed by atoms with Gasteiger partial charge in [0.15, 0.2) is 0 Å². The Morgan fingerprint density at radius 1 is 1.04 bits per heavy atom. The minimum Gasteiger partial charge on any atom is -0.330 e. The molecule has 0 aliphatic rings.